The van der Waals surface area contributed by atoms with Gasteiger partial charge in [-0.25, -0.2) is 8.42 Å². The van der Waals surface area contributed by atoms with E-state index < -0.39 is 15.6 Å². The molecule has 0 bridgehead atoms. The van der Waals surface area contributed by atoms with Crippen molar-refractivity contribution in [2.24, 2.45) is 0 Å². The lowest BCUT2D eigenvalue weighted by Crippen LogP contribution is -2.20. The van der Waals surface area contributed by atoms with E-state index >= 15 is 0 Å². The van der Waals surface area contributed by atoms with Crippen LogP contribution in [0.5, 0.6) is 0 Å². The molecule has 27 heavy (non-hydrogen) atoms. The largest absolute Gasteiger partial charge is 0.298 e. The van der Waals surface area contributed by atoms with Gasteiger partial charge in [0.05, 0.1) is 0 Å². The molecule has 2 aromatic rings. The molecular weight excluding hydrogens is 360 g/mol. The number of hydrogen-bond acceptors (Lipinski definition) is 4. The van der Waals surface area contributed by atoms with Gasteiger partial charge in [0.2, 0.25) is 9.84 Å². The number of sulfone groups is 1. The average molecular weight is 387 g/mol. The van der Waals surface area contributed by atoms with Gasteiger partial charge in [-0.3, -0.25) is 9.48 Å². The molecule has 144 valence electrons. The van der Waals surface area contributed by atoms with Gasteiger partial charge in [-0.15, -0.1) is 0 Å². The summed E-state index contributed by atoms with van der Waals surface area (Å²) in [5.74, 6) is -0.705. The topological polar surface area (TPSA) is 69.0 Å². The van der Waals surface area contributed by atoms with Crippen molar-refractivity contribution >= 4 is 15.6 Å². The minimum Gasteiger partial charge on any atom is -0.298 e. The van der Waals surface area contributed by atoms with Gasteiger partial charge in [-0.05, 0) is 86.3 Å². The molecule has 5 nitrogen and oxygen atoms in total. The number of aryl methyl sites for hydroxylation is 2. The third-order valence-corrected chi connectivity index (χ3v) is 7.31. The van der Waals surface area contributed by atoms with Crippen LogP contribution in [0.15, 0.2) is 23.4 Å². The van der Waals surface area contributed by atoms with Crippen LogP contribution < -0.4 is 0 Å². The highest BCUT2D eigenvalue weighted by Gasteiger charge is 2.27. The first-order valence-electron chi connectivity index (χ1n) is 9.80. The summed E-state index contributed by atoms with van der Waals surface area (Å²) in [6.45, 7) is 3.87. The van der Waals surface area contributed by atoms with E-state index in [1.54, 1.807) is 10.9 Å². The summed E-state index contributed by atoms with van der Waals surface area (Å²) in [5.41, 5.74) is 6.50. The molecule has 1 aromatic carbocycles. The molecule has 2 aliphatic rings. The Bertz CT molecular complexity index is 970. The maximum atomic E-state index is 12.7. The number of benzene rings is 1. The standard InChI is InChI=1S/C21H26N2O3S/c1-14(2)23-10-9-21(22-23)27(25,26)13-17(24)12-20-18-7-3-5-15(18)11-16-6-4-8-19(16)20/h9-11,14H,3-8,12-13H2,1-2H3. The molecule has 0 amide bonds. The van der Waals surface area contributed by atoms with E-state index in [-0.39, 0.29) is 23.3 Å². The molecule has 0 aliphatic heterocycles. The van der Waals surface area contributed by atoms with Gasteiger partial charge in [0.25, 0.3) is 0 Å². The number of fused-ring (bicyclic) bond motifs is 2. The number of Topliss-reactive ketones (excluding diaryl/α,β-unsaturated/α-hetero) is 1. The molecule has 0 saturated heterocycles. The van der Waals surface area contributed by atoms with Crippen LogP contribution in [0.3, 0.4) is 0 Å². The average Bonchev–Trinajstić information content (AvgIpc) is 3.34. The first-order valence-corrected chi connectivity index (χ1v) is 11.5. The maximum Gasteiger partial charge on any atom is 0.204 e. The van der Waals surface area contributed by atoms with Crippen LogP contribution in [0.25, 0.3) is 0 Å². The number of nitrogens with zero attached hydrogens (tertiary/aromatic N) is 2. The predicted molar refractivity (Wildman–Crippen MR) is 104 cm³/mol. The van der Waals surface area contributed by atoms with Gasteiger partial charge in [0.15, 0.2) is 10.8 Å². The van der Waals surface area contributed by atoms with Gasteiger partial charge in [-0.1, -0.05) is 6.07 Å². The SMILES string of the molecule is CC(C)n1ccc(S(=O)(=O)CC(=O)Cc2c3c(cc4c2CCC4)CCC3)n1. The van der Waals surface area contributed by atoms with E-state index in [1.807, 2.05) is 13.8 Å². The molecule has 0 spiro atoms. The highest BCUT2D eigenvalue weighted by atomic mass is 32.2. The first kappa shape index (κ1) is 18.4. The lowest BCUT2D eigenvalue weighted by molar-refractivity contribution is -0.116. The Kier molecular flexibility index (Phi) is 4.70. The highest BCUT2D eigenvalue weighted by Crippen LogP contribution is 2.35. The monoisotopic (exact) mass is 386 g/mol. The molecule has 0 fully saturated rings. The van der Waals surface area contributed by atoms with E-state index in [4.69, 9.17) is 0 Å². The van der Waals surface area contributed by atoms with Crippen molar-refractivity contribution in [2.45, 2.75) is 69.9 Å². The summed E-state index contributed by atoms with van der Waals surface area (Å²) in [6, 6.07) is 3.90. The minimum absolute atomic E-state index is 0.00642. The van der Waals surface area contributed by atoms with Crippen molar-refractivity contribution in [3.8, 4) is 0 Å². The Labute approximate surface area is 160 Å². The number of hydrogen-bond donors (Lipinski definition) is 0. The summed E-state index contributed by atoms with van der Waals surface area (Å²) in [6.07, 6.45) is 8.32. The van der Waals surface area contributed by atoms with E-state index in [0.29, 0.717) is 0 Å². The van der Waals surface area contributed by atoms with Gasteiger partial charge in [0, 0.05) is 18.7 Å². The fraction of sp³-hybridized carbons (Fsp3) is 0.524. The quantitative estimate of drug-likeness (QED) is 0.765. The molecule has 0 radical (unpaired) electrons. The smallest absolute Gasteiger partial charge is 0.204 e. The summed E-state index contributed by atoms with van der Waals surface area (Å²) >= 11 is 0. The molecule has 0 saturated carbocycles. The van der Waals surface area contributed by atoms with E-state index in [0.717, 1.165) is 44.1 Å². The molecule has 0 N–H and O–H groups in total. The lowest BCUT2D eigenvalue weighted by Gasteiger charge is -2.14. The second-order valence-corrected chi connectivity index (χ2v) is 9.98. The zero-order valence-electron chi connectivity index (χ0n) is 16.0. The second-order valence-electron chi connectivity index (χ2n) is 8.04. The van der Waals surface area contributed by atoms with Gasteiger partial charge >= 0.3 is 0 Å². The van der Waals surface area contributed by atoms with E-state index in [2.05, 4.69) is 11.2 Å². The Morgan fingerprint density at radius 2 is 1.74 bits per heavy atom. The van der Waals surface area contributed by atoms with E-state index in [1.165, 1.54) is 28.3 Å². The van der Waals surface area contributed by atoms with Crippen molar-refractivity contribution in [2.75, 3.05) is 5.75 Å². The molecule has 0 unspecified atom stereocenters. The Hall–Kier alpha value is -1.95. The van der Waals surface area contributed by atoms with Crippen molar-refractivity contribution in [1.29, 1.82) is 0 Å². The highest BCUT2D eigenvalue weighted by molar-refractivity contribution is 7.92. The summed E-state index contributed by atoms with van der Waals surface area (Å²) in [7, 11) is -3.70. The van der Waals surface area contributed by atoms with E-state index in [9.17, 15) is 13.2 Å². The summed E-state index contributed by atoms with van der Waals surface area (Å²) < 4.78 is 26.9. The molecule has 1 aromatic heterocycles. The van der Waals surface area contributed by atoms with Crippen molar-refractivity contribution in [3.05, 3.63) is 46.1 Å². The Balaban J connectivity index is 1.57. The fourth-order valence-corrected chi connectivity index (χ4v) is 5.62. The van der Waals surface area contributed by atoms with Gasteiger partial charge in [-0.2, -0.15) is 5.10 Å². The van der Waals surface area contributed by atoms with Gasteiger partial charge < -0.3 is 0 Å². The number of carbonyl (C=O) groups excluding carboxylic acids is 1. The summed E-state index contributed by atoms with van der Waals surface area (Å²) in [5, 5.41) is 4.13. The molecule has 2 aliphatic carbocycles. The first-order chi connectivity index (χ1) is 12.8. The molecule has 0 atom stereocenters. The normalized spacial score (nSPS) is 16.0. The predicted octanol–water partition coefficient (Wildman–Crippen LogP) is 3.03. The zero-order chi connectivity index (χ0) is 19.2. The van der Waals surface area contributed by atoms with Crippen LogP contribution in [0.2, 0.25) is 0 Å². The third kappa shape index (κ3) is 3.47. The fourth-order valence-electron chi connectivity index (χ4n) is 4.46. The number of aromatic nitrogens is 2. The molecular formula is C21H26N2O3S. The van der Waals surface area contributed by atoms with Crippen molar-refractivity contribution < 1.29 is 13.2 Å². The Morgan fingerprint density at radius 3 is 2.30 bits per heavy atom. The number of ketones is 1. The van der Waals surface area contributed by atoms with Crippen LogP contribution in [0.4, 0.5) is 0 Å². The number of carbonyl (C=O) groups is 1. The van der Waals surface area contributed by atoms with Crippen LogP contribution in [0, 0.1) is 0 Å². The summed E-state index contributed by atoms with van der Waals surface area (Å²) in [4.78, 5) is 12.7. The molecule has 4 rings (SSSR count). The number of rotatable bonds is 6. The van der Waals surface area contributed by atoms with Crippen molar-refractivity contribution in [1.82, 2.24) is 9.78 Å². The maximum absolute atomic E-state index is 12.7. The lowest BCUT2D eigenvalue weighted by atomic mass is 9.91. The second kappa shape index (κ2) is 6.89. The zero-order valence-corrected chi connectivity index (χ0v) is 16.8. The van der Waals surface area contributed by atoms with Gasteiger partial charge in [0.1, 0.15) is 5.75 Å². The van der Waals surface area contributed by atoms with Crippen LogP contribution in [-0.4, -0.2) is 29.7 Å². The van der Waals surface area contributed by atoms with Crippen LogP contribution >= 0.6 is 0 Å². The van der Waals surface area contributed by atoms with Crippen LogP contribution in [0.1, 0.15) is 60.5 Å². The third-order valence-electron chi connectivity index (χ3n) is 5.75. The minimum atomic E-state index is -3.70. The molecule has 1 heterocycles. The van der Waals surface area contributed by atoms with Crippen molar-refractivity contribution in [3.63, 3.8) is 0 Å². The Morgan fingerprint density at radius 1 is 1.11 bits per heavy atom. The molecule has 6 heteroatoms. The van der Waals surface area contributed by atoms with Crippen LogP contribution in [-0.2, 0) is 46.7 Å².